The molecule has 1 unspecified atom stereocenters. The van der Waals surface area contributed by atoms with Crippen LogP contribution in [-0.4, -0.2) is 48.1 Å². The molecular weight excluding hydrogens is 418 g/mol. The van der Waals surface area contributed by atoms with E-state index in [0.717, 1.165) is 25.9 Å². The number of esters is 1. The third-order valence-electron chi connectivity index (χ3n) is 5.81. The van der Waals surface area contributed by atoms with E-state index >= 15 is 0 Å². The summed E-state index contributed by atoms with van der Waals surface area (Å²) >= 11 is 0. The second-order valence-electron chi connectivity index (χ2n) is 7.62. The highest BCUT2D eigenvalue weighted by Gasteiger charge is 2.35. The molecule has 1 aliphatic rings. The molecule has 9 heteroatoms. The second kappa shape index (κ2) is 9.22. The summed E-state index contributed by atoms with van der Waals surface area (Å²) in [6.07, 6.45) is 1.90. The summed E-state index contributed by atoms with van der Waals surface area (Å²) < 4.78 is 41.0. The summed E-state index contributed by atoms with van der Waals surface area (Å²) in [4.78, 5) is 14.1. The second-order valence-corrected chi connectivity index (χ2v) is 9.01. The molecule has 1 saturated heterocycles. The fourth-order valence-electron chi connectivity index (χ4n) is 4.43. The van der Waals surface area contributed by atoms with Gasteiger partial charge in [-0.05, 0) is 58.3 Å². The number of benzene rings is 1. The van der Waals surface area contributed by atoms with Gasteiger partial charge in [0.15, 0.2) is 0 Å². The molecule has 8 nitrogen and oxygen atoms in total. The van der Waals surface area contributed by atoms with E-state index < -0.39 is 22.1 Å². The SMILES string of the molecule is CCOC(=O)Cn1c(C)c(C#N)c(C(c2ccccc2S(=O)(=O)O)N2CCCC2)c1C. The molecule has 3 rings (SSSR count). The molecule has 2 heterocycles. The lowest BCUT2D eigenvalue weighted by atomic mass is 9.94. The third-order valence-corrected chi connectivity index (χ3v) is 6.73. The molecule has 0 spiro atoms. The standard InChI is InChI=1S/C22H27N3O5S/c1-4-30-20(26)14-25-15(2)18(13-23)21(16(25)3)22(24-11-7-8-12-24)17-9-5-6-10-19(17)31(27,28)29/h5-6,9-10,22H,4,7-8,11-12,14H2,1-3H3,(H,27,28,29). The number of aromatic nitrogens is 1. The molecule has 1 fully saturated rings. The monoisotopic (exact) mass is 445 g/mol. The van der Waals surface area contributed by atoms with Crippen LogP contribution in [0.25, 0.3) is 0 Å². The van der Waals surface area contributed by atoms with Gasteiger partial charge in [-0.2, -0.15) is 13.7 Å². The number of carbonyl (C=O) groups excluding carboxylic acids is 1. The van der Waals surface area contributed by atoms with E-state index in [4.69, 9.17) is 4.74 Å². The van der Waals surface area contributed by atoms with Crippen LogP contribution in [0.2, 0.25) is 0 Å². The average molecular weight is 446 g/mol. The highest BCUT2D eigenvalue weighted by atomic mass is 32.2. The van der Waals surface area contributed by atoms with Gasteiger partial charge in [-0.1, -0.05) is 18.2 Å². The fourth-order valence-corrected chi connectivity index (χ4v) is 5.16. The molecule has 31 heavy (non-hydrogen) atoms. The van der Waals surface area contributed by atoms with E-state index in [-0.39, 0.29) is 18.0 Å². The van der Waals surface area contributed by atoms with Crippen LogP contribution < -0.4 is 0 Å². The van der Waals surface area contributed by atoms with Gasteiger partial charge >= 0.3 is 5.97 Å². The van der Waals surface area contributed by atoms with Crippen molar-refractivity contribution in [2.75, 3.05) is 19.7 Å². The van der Waals surface area contributed by atoms with Crippen LogP contribution in [0.4, 0.5) is 0 Å². The van der Waals surface area contributed by atoms with E-state index in [1.807, 2.05) is 6.92 Å². The van der Waals surface area contributed by atoms with Gasteiger partial charge in [0.05, 0.1) is 23.1 Å². The Morgan fingerprint density at radius 1 is 1.23 bits per heavy atom. The van der Waals surface area contributed by atoms with Crippen LogP contribution in [0.1, 0.15) is 53.9 Å². The molecule has 1 aliphatic heterocycles. The Labute approximate surface area is 182 Å². The van der Waals surface area contributed by atoms with E-state index in [0.29, 0.717) is 28.1 Å². The quantitative estimate of drug-likeness (QED) is 0.515. The largest absolute Gasteiger partial charge is 0.465 e. The lowest BCUT2D eigenvalue weighted by molar-refractivity contribution is -0.143. The Morgan fingerprint density at radius 3 is 2.45 bits per heavy atom. The maximum atomic E-state index is 12.2. The number of nitrogens with zero attached hydrogens (tertiary/aromatic N) is 3. The zero-order valence-electron chi connectivity index (χ0n) is 18.0. The van der Waals surface area contributed by atoms with E-state index in [9.17, 15) is 23.0 Å². The van der Waals surface area contributed by atoms with Gasteiger partial charge in [0.25, 0.3) is 10.1 Å². The molecular formula is C22H27N3O5S. The van der Waals surface area contributed by atoms with Gasteiger partial charge in [0.2, 0.25) is 0 Å². The van der Waals surface area contributed by atoms with Gasteiger partial charge in [0, 0.05) is 17.0 Å². The number of likely N-dealkylation sites (tertiary alicyclic amines) is 1. The van der Waals surface area contributed by atoms with Crippen LogP contribution in [0.15, 0.2) is 29.2 Å². The molecule has 0 bridgehead atoms. The molecule has 0 radical (unpaired) electrons. The molecule has 1 atom stereocenters. The summed E-state index contributed by atoms with van der Waals surface area (Å²) in [5.74, 6) is -0.407. The molecule has 166 valence electrons. The average Bonchev–Trinajstić information content (AvgIpc) is 3.32. The van der Waals surface area contributed by atoms with Crippen LogP contribution in [0, 0.1) is 25.2 Å². The van der Waals surface area contributed by atoms with Crippen LogP contribution in [0.3, 0.4) is 0 Å². The van der Waals surface area contributed by atoms with Gasteiger partial charge in [-0.25, -0.2) is 0 Å². The van der Waals surface area contributed by atoms with Crippen molar-refractivity contribution in [2.45, 2.75) is 51.1 Å². The van der Waals surface area contributed by atoms with Crippen LogP contribution in [-0.2, 0) is 26.2 Å². The number of hydrogen-bond acceptors (Lipinski definition) is 6. The number of ether oxygens (including phenoxy) is 1. The summed E-state index contributed by atoms with van der Waals surface area (Å²) in [5.41, 5.74) is 2.80. The molecule has 2 aromatic rings. The number of carbonyl (C=O) groups is 1. The van der Waals surface area contributed by atoms with Gasteiger partial charge in [-0.3, -0.25) is 14.2 Å². The zero-order valence-corrected chi connectivity index (χ0v) is 18.8. The number of hydrogen-bond donors (Lipinski definition) is 1. The first-order chi connectivity index (χ1) is 14.7. The van der Waals surface area contributed by atoms with Gasteiger partial charge in [0.1, 0.15) is 12.6 Å². The van der Waals surface area contributed by atoms with Crippen molar-refractivity contribution in [1.82, 2.24) is 9.47 Å². The first kappa shape index (κ1) is 23.0. The molecule has 0 saturated carbocycles. The van der Waals surface area contributed by atoms with Crippen molar-refractivity contribution in [3.8, 4) is 6.07 Å². The minimum Gasteiger partial charge on any atom is -0.465 e. The van der Waals surface area contributed by atoms with E-state index in [2.05, 4.69) is 11.0 Å². The smallest absolute Gasteiger partial charge is 0.325 e. The Hall–Kier alpha value is -2.67. The van der Waals surface area contributed by atoms with Crippen molar-refractivity contribution >= 4 is 16.1 Å². The predicted molar refractivity (Wildman–Crippen MR) is 114 cm³/mol. The van der Waals surface area contributed by atoms with Crippen molar-refractivity contribution in [3.05, 3.63) is 52.3 Å². The van der Waals surface area contributed by atoms with Crippen molar-refractivity contribution in [3.63, 3.8) is 0 Å². The molecule has 0 aliphatic carbocycles. The number of nitriles is 1. The summed E-state index contributed by atoms with van der Waals surface area (Å²) in [6, 6.07) is 8.03. The van der Waals surface area contributed by atoms with Crippen molar-refractivity contribution in [1.29, 1.82) is 5.26 Å². The summed E-state index contributed by atoms with van der Waals surface area (Å²) in [7, 11) is -4.47. The molecule has 1 N–H and O–H groups in total. The molecule has 0 amide bonds. The Balaban J connectivity index is 2.25. The minimum atomic E-state index is -4.47. The predicted octanol–water partition coefficient (Wildman–Crippen LogP) is 2.97. The minimum absolute atomic E-state index is 0.0349. The van der Waals surface area contributed by atoms with Crippen molar-refractivity contribution < 1.29 is 22.5 Å². The fraction of sp³-hybridized carbons (Fsp3) is 0.455. The highest BCUT2D eigenvalue weighted by molar-refractivity contribution is 7.85. The summed E-state index contributed by atoms with van der Waals surface area (Å²) in [6.45, 7) is 7.01. The Morgan fingerprint density at radius 2 is 1.87 bits per heavy atom. The Bertz CT molecular complexity index is 1120. The maximum absolute atomic E-state index is 12.2. The first-order valence-electron chi connectivity index (χ1n) is 10.3. The first-order valence-corrected chi connectivity index (χ1v) is 11.7. The van der Waals surface area contributed by atoms with Crippen LogP contribution >= 0.6 is 0 Å². The maximum Gasteiger partial charge on any atom is 0.325 e. The summed E-state index contributed by atoms with van der Waals surface area (Å²) in [5, 5.41) is 9.98. The zero-order chi connectivity index (χ0) is 22.8. The molecule has 1 aromatic heterocycles. The lowest BCUT2D eigenvalue weighted by Gasteiger charge is -2.30. The molecule has 1 aromatic carbocycles. The van der Waals surface area contributed by atoms with E-state index in [1.54, 1.807) is 36.6 Å². The Kier molecular flexibility index (Phi) is 6.84. The highest BCUT2D eigenvalue weighted by Crippen LogP contribution is 2.40. The van der Waals surface area contributed by atoms with Crippen LogP contribution in [0.5, 0.6) is 0 Å². The van der Waals surface area contributed by atoms with Gasteiger partial charge < -0.3 is 9.30 Å². The van der Waals surface area contributed by atoms with Gasteiger partial charge in [-0.15, -0.1) is 0 Å². The topological polar surface area (TPSA) is 113 Å². The lowest BCUT2D eigenvalue weighted by Crippen LogP contribution is -2.29. The normalized spacial score (nSPS) is 15.6. The number of rotatable bonds is 7. The van der Waals surface area contributed by atoms with E-state index in [1.165, 1.54) is 6.07 Å². The van der Waals surface area contributed by atoms with Crippen molar-refractivity contribution in [2.24, 2.45) is 0 Å². The third kappa shape index (κ3) is 4.51.